The Bertz CT molecular complexity index is 1170. The molecule has 3 heterocycles. The number of alkyl halides is 3. The quantitative estimate of drug-likeness (QED) is 0.663. The molecule has 186 valence electrons. The molecule has 2 saturated heterocycles. The number of carbonyl (C=O) groups is 2. The van der Waals surface area contributed by atoms with E-state index in [1.807, 2.05) is 4.90 Å². The molecule has 4 rings (SSSR count). The van der Waals surface area contributed by atoms with Gasteiger partial charge >= 0.3 is 6.18 Å². The summed E-state index contributed by atoms with van der Waals surface area (Å²) in [5.41, 5.74) is -1.00. The van der Waals surface area contributed by atoms with E-state index in [-0.39, 0.29) is 18.4 Å². The zero-order valence-corrected chi connectivity index (χ0v) is 19.8. The predicted octanol–water partition coefficient (Wildman–Crippen LogP) is 2.76. The van der Waals surface area contributed by atoms with E-state index in [9.17, 15) is 22.8 Å². The predicted molar refractivity (Wildman–Crippen MR) is 121 cm³/mol. The molecule has 0 aliphatic carbocycles. The van der Waals surface area contributed by atoms with Gasteiger partial charge in [0.05, 0.1) is 35.6 Å². The van der Waals surface area contributed by atoms with E-state index in [2.05, 4.69) is 4.98 Å². The van der Waals surface area contributed by atoms with Gasteiger partial charge in [0.2, 0.25) is 5.91 Å². The monoisotopic (exact) mass is 488 g/mol. The van der Waals surface area contributed by atoms with Gasteiger partial charge in [0.1, 0.15) is 5.69 Å². The Morgan fingerprint density at radius 3 is 2.46 bits per heavy atom. The summed E-state index contributed by atoms with van der Waals surface area (Å²) in [5, 5.41) is 9.07. The first-order chi connectivity index (χ1) is 16.5. The van der Waals surface area contributed by atoms with Crippen molar-refractivity contribution in [1.82, 2.24) is 19.4 Å². The number of hydrogen-bond donors (Lipinski definition) is 0. The van der Waals surface area contributed by atoms with Gasteiger partial charge in [-0.25, -0.2) is 4.98 Å². The lowest BCUT2D eigenvalue weighted by atomic mass is 9.70. The number of halogens is 3. The third-order valence-corrected chi connectivity index (χ3v) is 7.26. The number of hydrogen-bond acceptors (Lipinski definition) is 5. The maximum absolute atomic E-state index is 13.4. The van der Waals surface area contributed by atoms with Crippen LogP contribution in [0, 0.1) is 22.7 Å². The first kappa shape index (κ1) is 24.6. The first-order valence-corrected chi connectivity index (χ1v) is 11.3. The van der Waals surface area contributed by atoms with E-state index in [1.54, 1.807) is 43.0 Å². The molecule has 1 spiro atoms. The second-order valence-corrected chi connectivity index (χ2v) is 9.55. The van der Waals surface area contributed by atoms with Crippen molar-refractivity contribution < 1.29 is 22.8 Å². The molecule has 11 heteroatoms. The van der Waals surface area contributed by atoms with Gasteiger partial charge in [0.15, 0.2) is 0 Å². The SMILES string of the molecule is CN(C)C(=O)C1CN(C(=O)c2cncn2C)CC12CCN(c1ccc(C#N)c(C(F)(F)F)c1)CC2. The van der Waals surface area contributed by atoms with Crippen molar-refractivity contribution in [2.75, 3.05) is 45.2 Å². The minimum Gasteiger partial charge on any atom is -0.371 e. The highest BCUT2D eigenvalue weighted by atomic mass is 19.4. The van der Waals surface area contributed by atoms with Crippen LogP contribution >= 0.6 is 0 Å². The standard InChI is InChI=1S/C24H27F3N6O2/c1-30(2)21(34)19-13-33(22(35)20-12-29-15-31(20)3)14-23(19)6-8-32(9-7-23)17-5-4-16(11-28)18(10-17)24(25,26)27/h4-5,10,12,15,19H,6-9,13-14H2,1-3H3. The molecule has 0 radical (unpaired) electrons. The van der Waals surface area contributed by atoms with Gasteiger partial charge in [0, 0.05) is 58.4 Å². The summed E-state index contributed by atoms with van der Waals surface area (Å²) >= 11 is 0. The summed E-state index contributed by atoms with van der Waals surface area (Å²) in [7, 11) is 5.11. The number of nitrogens with zero attached hydrogens (tertiary/aromatic N) is 6. The van der Waals surface area contributed by atoms with Gasteiger partial charge in [-0.2, -0.15) is 18.4 Å². The molecule has 8 nitrogen and oxygen atoms in total. The Hall–Kier alpha value is -3.55. The zero-order chi connectivity index (χ0) is 25.5. The number of rotatable bonds is 3. The molecule has 2 fully saturated rings. The Labute approximate surface area is 201 Å². The summed E-state index contributed by atoms with van der Waals surface area (Å²) in [5.74, 6) is -0.650. The highest BCUT2D eigenvalue weighted by molar-refractivity contribution is 5.93. The van der Waals surface area contributed by atoms with E-state index in [4.69, 9.17) is 5.26 Å². The normalized spacial score (nSPS) is 19.6. The number of imidazole rings is 1. The van der Waals surface area contributed by atoms with Crippen molar-refractivity contribution in [3.8, 4) is 6.07 Å². The molecular formula is C24H27F3N6O2. The van der Waals surface area contributed by atoms with Crippen molar-refractivity contribution in [2.45, 2.75) is 19.0 Å². The summed E-state index contributed by atoms with van der Waals surface area (Å²) < 4.78 is 42.0. The summed E-state index contributed by atoms with van der Waals surface area (Å²) in [6.07, 6.45) is -0.477. The van der Waals surface area contributed by atoms with Gasteiger partial charge in [-0.3, -0.25) is 9.59 Å². The van der Waals surface area contributed by atoms with Gasteiger partial charge < -0.3 is 19.3 Å². The van der Waals surface area contributed by atoms with Crippen molar-refractivity contribution in [1.29, 1.82) is 5.26 Å². The number of piperidine rings is 1. The Kier molecular flexibility index (Phi) is 6.25. The second kappa shape index (κ2) is 8.91. The minimum atomic E-state index is -4.63. The van der Waals surface area contributed by atoms with Crippen molar-refractivity contribution in [3.63, 3.8) is 0 Å². The van der Waals surface area contributed by atoms with E-state index >= 15 is 0 Å². The number of aryl methyl sites for hydroxylation is 1. The number of carbonyl (C=O) groups excluding carboxylic acids is 2. The van der Waals surface area contributed by atoms with Crippen LogP contribution in [0.3, 0.4) is 0 Å². The van der Waals surface area contributed by atoms with E-state index in [0.717, 1.165) is 6.07 Å². The molecule has 2 aliphatic rings. The molecule has 1 aromatic carbocycles. The fourth-order valence-corrected chi connectivity index (χ4v) is 5.28. The summed E-state index contributed by atoms with van der Waals surface area (Å²) in [6, 6.07) is 5.36. The number of amides is 2. The molecule has 1 aromatic heterocycles. The zero-order valence-electron chi connectivity index (χ0n) is 19.8. The van der Waals surface area contributed by atoms with Gasteiger partial charge in [-0.05, 0) is 31.0 Å². The van der Waals surface area contributed by atoms with E-state index < -0.39 is 28.6 Å². The van der Waals surface area contributed by atoms with Crippen LogP contribution in [0.2, 0.25) is 0 Å². The average Bonchev–Trinajstić information content (AvgIpc) is 3.41. The molecule has 35 heavy (non-hydrogen) atoms. The highest BCUT2D eigenvalue weighted by Gasteiger charge is 2.53. The molecule has 0 saturated carbocycles. The van der Waals surface area contributed by atoms with E-state index in [0.29, 0.717) is 43.9 Å². The second-order valence-electron chi connectivity index (χ2n) is 9.55. The largest absolute Gasteiger partial charge is 0.417 e. The Balaban J connectivity index is 1.58. The number of benzene rings is 1. The van der Waals surface area contributed by atoms with Crippen LogP contribution in [0.1, 0.15) is 34.5 Å². The third-order valence-electron chi connectivity index (χ3n) is 7.26. The first-order valence-electron chi connectivity index (χ1n) is 11.3. The lowest BCUT2D eigenvalue weighted by Gasteiger charge is -2.43. The summed E-state index contributed by atoms with van der Waals surface area (Å²) in [6.45, 7) is 1.56. The molecule has 2 aliphatic heterocycles. The molecule has 1 atom stereocenters. The van der Waals surface area contributed by atoms with Crippen LogP contribution in [0.4, 0.5) is 18.9 Å². The number of anilines is 1. The van der Waals surface area contributed by atoms with Crippen molar-refractivity contribution in [3.05, 3.63) is 47.5 Å². The maximum Gasteiger partial charge on any atom is 0.417 e. The van der Waals surface area contributed by atoms with Crippen LogP contribution in [-0.2, 0) is 18.0 Å². The minimum absolute atomic E-state index is 0.0588. The molecule has 0 N–H and O–H groups in total. The van der Waals surface area contributed by atoms with Crippen LogP contribution in [-0.4, -0.2) is 71.4 Å². The lowest BCUT2D eigenvalue weighted by molar-refractivity contribution is -0.138. The van der Waals surface area contributed by atoms with Gasteiger partial charge in [-0.15, -0.1) is 0 Å². The topological polar surface area (TPSA) is 85.5 Å². The number of aromatic nitrogens is 2. The maximum atomic E-state index is 13.4. The summed E-state index contributed by atoms with van der Waals surface area (Å²) in [4.78, 5) is 35.4. The Morgan fingerprint density at radius 1 is 1.23 bits per heavy atom. The highest BCUT2D eigenvalue weighted by Crippen LogP contribution is 2.47. The smallest absolute Gasteiger partial charge is 0.371 e. The average molecular weight is 489 g/mol. The number of likely N-dealkylation sites (tertiary alicyclic amines) is 1. The fourth-order valence-electron chi connectivity index (χ4n) is 5.28. The number of nitriles is 1. The van der Waals surface area contributed by atoms with E-state index in [1.165, 1.54) is 23.2 Å². The van der Waals surface area contributed by atoms with Crippen LogP contribution in [0.15, 0.2) is 30.7 Å². The molecule has 2 aromatic rings. The van der Waals surface area contributed by atoms with Crippen LogP contribution in [0.5, 0.6) is 0 Å². The van der Waals surface area contributed by atoms with Crippen molar-refractivity contribution >= 4 is 17.5 Å². The molecule has 0 bridgehead atoms. The van der Waals surface area contributed by atoms with Crippen molar-refractivity contribution in [2.24, 2.45) is 18.4 Å². The van der Waals surface area contributed by atoms with Gasteiger partial charge in [-0.1, -0.05) is 0 Å². The van der Waals surface area contributed by atoms with Gasteiger partial charge in [0.25, 0.3) is 5.91 Å². The third kappa shape index (κ3) is 4.45. The molecular weight excluding hydrogens is 461 g/mol. The molecule has 1 unspecified atom stereocenters. The molecule has 2 amide bonds. The lowest BCUT2D eigenvalue weighted by Crippen LogP contribution is -2.48. The van der Waals surface area contributed by atoms with Crippen LogP contribution in [0.25, 0.3) is 0 Å². The Morgan fingerprint density at radius 2 is 1.91 bits per heavy atom. The van der Waals surface area contributed by atoms with Crippen LogP contribution < -0.4 is 4.90 Å². The fraction of sp³-hybridized carbons (Fsp3) is 0.500.